The van der Waals surface area contributed by atoms with E-state index in [2.05, 4.69) is 39.2 Å². The zero-order valence-electron chi connectivity index (χ0n) is 16.5. The van der Waals surface area contributed by atoms with Gasteiger partial charge in [-0.05, 0) is 54.1 Å². The Morgan fingerprint density at radius 2 is 1.66 bits per heavy atom. The summed E-state index contributed by atoms with van der Waals surface area (Å²) in [6.07, 6.45) is 0. The predicted molar refractivity (Wildman–Crippen MR) is 112 cm³/mol. The number of tetrazole rings is 1. The van der Waals surface area contributed by atoms with Crippen LogP contribution >= 0.6 is 11.6 Å². The minimum absolute atomic E-state index is 0.0903. The van der Waals surface area contributed by atoms with Gasteiger partial charge in [0, 0.05) is 31.2 Å². The lowest BCUT2D eigenvalue weighted by molar-refractivity contribution is 0.198. The molecule has 1 aromatic heterocycles. The van der Waals surface area contributed by atoms with E-state index in [1.165, 1.54) is 6.07 Å². The summed E-state index contributed by atoms with van der Waals surface area (Å²) in [6, 6.07) is 14.8. The minimum atomic E-state index is -0.182. The van der Waals surface area contributed by atoms with Crippen LogP contribution < -0.4 is 4.90 Å². The molecule has 29 heavy (non-hydrogen) atoms. The molecule has 152 valence electrons. The van der Waals surface area contributed by atoms with Gasteiger partial charge in [0.05, 0.1) is 17.8 Å². The number of hydrogen-bond donors (Lipinski definition) is 0. The van der Waals surface area contributed by atoms with Gasteiger partial charge in [0.25, 0.3) is 0 Å². The molecule has 0 spiro atoms. The molecule has 0 saturated carbocycles. The van der Waals surface area contributed by atoms with Gasteiger partial charge in [-0.25, -0.2) is 9.07 Å². The third-order valence-electron chi connectivity index (χ3n) is 5.31. The second-order valence-corrected chi connectivity index (χ2v) is 7.94. The monoisotopic (exact) mass is 414 g/mol. The Morgan fingerprint density at radius 3 is 2.31 bits per heavy atom. The predicted octanol–water partition coefficient (Wildman–Crippen LogP) is 3.96. The van der Waals surface area contributed by atoms with Crippen molar-refractivity contribution in [2.24, 2.45) is 0 Å². The molecule has 3 aromatic rings. The van der Waals surface area contributed by atoms with Gasteiger partial charge in [-0.3, -0.25) is 4.90 Å². The van der Waals surface area contributed by atoms with Gasteiger partial charge < -0.3 is 4.90 Å². The maximum atomic E-state index is 14.2. The second kappa shape index (κ2) is 8.47. The first-order chi connectivity index (χ1) is 14.0. The van der Waals surface area contributed by atoms with E-state index in [1.807, 2.05) is 41.1 Å². The van der Waals surface area contributed by atoms with E-state index in [0.29, 0.717) is 10.7 Å². The molecule has 6 nitrogen and oxygen atoms in total. The number of rotatable bonds is 5. The summed E-state index contributed by atoms with van der Waals surface area (Å²) in [4.78, 5) is 4.45. The number of anilines is 1. The van der Waals surface area contributed by atoms with Gasteiger partial charge in [0.2, 0.25) is 0 Å². The van der Waals surface area contributed by atoms with Crippen molar-refractivity contribution in [2.75, 3.05) is 31.1 Å². The van der Waals surface area contributed by atoms with E-state index < -0.39 is 0 Å². The van der Waals surface area contributed by atoms with Crippen molar-refractivity contribution in [1.82, 2.24) is 25.1 Å². The molecule has 1 aliphatic heterocycles. The third-order valence-corrected chi connectivity index (χ3v) is 5.56. The van der Waals surface area contributed by atoms with Crippen LogP contribution in [0.4, 0.5) is 10.1 Å². The molecule has 1 fully saturated rings. The maximum absolute atomic E-state index is 14.2. The Morgan fingerprint density at radius 1 is 0.966 bits per heavy atom. The van der Waals surface area contributed by atoms with E-state index in [-0.39, 0.29) is 17.9 Å². The van der Waals surface area contributed by atoms with Crippen molar-refractivity contribution in [3.05, 3.63) is 70.8 Å². The zero-order valence-corrected chi connectivity index (χ0v) is 17.3. The lowest BCUT2D eigenvalue weighted by Gasteiger charge is -2.40. The van der Waals surface area contributed by atoms with Gasteiger partial charge in [0.15, 0.2) is 5.82 Å². The molecule has 1 saturated heterocycles. The topological polar surface area (TPSA) is 50.1 Å². The van der Waals surface area contributed by atoms with Crippen LogP contribution in [0.1, 0.15) is 37.3 Å². The van der Waals surface area contributed by atoms with E-state index in [0.717, 1.165) is 37.6 Å². The number of halogens is 2. The van der Waals surface area contributed by atoms with Gasteiger partial charge in [0.1, 0.15) is 5.82 Å². The highest BCUT2D eigenvalue weighted by atomic mass is 35.5. The van der Waals surface area contributed by atoms with Crippen LogP contribution in [-0.4, -0.2) is 51.3 Å². The molecular formula is C21H24ClFN6. The molecule has 1 atom stereocenters. The summed E-state index contributed by atoms with van der Waals surface area (Å²) >= 11 is 6.11. The summed E-state index contributed by atoms with van der Waals surface area (Å²) < 4.78 is 16.1. The van der Waals surface area contributed by atoms with Crippen molar-refractivity contribution in [1.29, 1.82) is 0 Å². The van der Waals surface area contributed by atoms with Crippen molar-refractivity contribution in [3.8, 4) is 0 Å². The van der Waals surface area contributed by atoms with Crippen LogP contribution in [0.15, 0.2) is 48.5 Å². The van der Waals surface area contributed by atoms with Crippen LogP contribution in [0.2, 0.25) is 5.02 Å². The van der Waals surface area contributed by atoms with E-state index in [9.17, 15) is 4.39 Å². The molecule has 4 rings (SSSR count). The van der Waals surface area contributed by atoms with Gasteiger partial charge in [-0.15, -0.1) is 5.10 Å². The Hall–Kier alpha value is -2.51. The lowest BCUT2D eigenvalue weighted by atomic mass is 10.0. The fourth-order valence-corrected chi connectivity index (χ4v) is 3.97. The number of aromatic nitrogens is 4. The van der Waals surface area contributed by atoms with Gasteiger partial charge >= 0.3 is 0 Å². The normalized spacial score (nSPS) is 16.4. The first-order valence-electron chi connectivity index (χ1n) is 9.81. The quantitative estimate of drug-likeness (QED) is 0.632. The standard InChI is InChI=1S/C21H24ClFN6/c1-15(2)29-21(24-25-26-29)20(16-7-9-17(22)10-8-16)28-13-11-27(12-14-28)19-6-4-3-5-18(19)23/h3-10,15,20H,11-14H2,1-2H3. The summed E-state index contributed by atoms with van der Waals surface area (Å²) in [5, 5.41) is 13.2. The largest absolute Gasteiger partial charge is 0.367 e. The highest BCUT2D eigenvalue weighted by molar-refractivity contribution is 6.30. The van der Waals surface area contributed by atoms with E-state index in [4.69, 9.17) is 11.6 Å². The van der Waals surface area contributed by atoms with E-state index >= 15 is 0 Å². The lowest BCUT2D eigenvalue weighted by Crippen LogP contribution is -2.48. The maximum Gasteiger partial charge on any atom is 0.173 e. The Balaban J connectivity index is 1.62. The van der Waals surface area contributed by atoms with Crippen LogP contribution in [-0.2, 0) is 0 Å². The van der Waals surface area contributed by atoms with Crippen LogP contribution in [0.25, 0.3) is 0 Å². The number of para-hydroxylation sites is 1. The van der Waals surface area contributed by atoms with Crippen LogP contribution in [0.5, 0.6) is 0 Å². The average molecular weight is 415 g/mol. The SMILES string of the molecule is CC(C)n1nnnc1C(c1ccc(Cl)cc1)N1CCN(c2ccccc2F)CC1. The summed E-state index contributed by atoms with van der Waals surface area (Å²) in [6.45, 7) is 7.13. The molecule has 2 aromatic carbocycles. The summed E-state index contributed by atoms with van der Waals surface area (Å²) in [7, 11) is 0. The zero-order chi connectivity index (χ0) is 20.4. The Kier molecular flexibility index (Phi) is 5.78. The van der Waals surface area contributed by atoms with Crippen molar-refractivity contribution < 1.29 is 4.39 Å². The molecule has 0 N–H and O–H groups in total. The minimum Gasteiger partial charge on any atom is -0.367 e. The van der Waals surface area contributed by atoms with E-state index in [1.54, 1.807) is 6.07 Å². The highest BCUT2D eigenvalue weighted by Crippen LogP contribution is 2.31. The number of nitrogens with zero attached hydrogens (tertiary/aromatic N) is 6. The molecule has 0 radical (unpaired) electrons. The molecule has 8 heteroatoms. The molecule has 0 bridgehead atoms. The van der Waals surface area contributed by atoms with Gasteiger partial charge in [-0.1, -0.05) is 35.9 Å². The number of benzene rings is 2. The first-order valence-corrected chi connectivity index (χ1v) is 10.2. The molecule has 1 aliphatic rings. The fraction of sp³-hybridized carbons (Fsp3) is 0.381. The smallest absolute Gasteiger partial charge is 0.173 e. The molecule has 2 heterocycles. The van der Waals surface area contributed by atoms with Gasteiger partial charge in [-0.2, -0.15) is 0 Å². The van der Waals surface area contributed by atoms with Crippen LogP contribution in [0, 0.1) is 5.82 Å². The Labute approximate surface area is 174 Å². The molecule has 0 aliphatic carbocycles. The first kappa shape index (κ1) is 19.8. The average Bonchev–Trinajstić information content (AvgIpc) is 3.20. The molecule has 0 amide bonds. The third kappa shape index (κ3) is 4.11. The van der Waals surface area contributed by atoms with Crippen LogP contribution in [0.3, 0.4) is 0 Å². The highest BCUT2D eigenvalue weighted by Gasteiger charge is 2.31. The molecular weight excluding hydrogens is 391 g/mol. The fourth-order valence-electron chi connectivity index (χ4n) is 3.85. The number of hydrogen-bond acceptors (Lipinski definition) is 5. The van der Waals surface area contributed by atoms with Crippen molar-refractivity contribution in [3.63, 3.8) is 0 Å². The van der Waals surface area contributed by atoms with Crippen molar-refractivity contribution in [2.45, 2.75) is 25.9 Å². The summed E-state index contributed by atoms with van der Waals surface area (Å²) in [5.41, 5.74) is 1.74. The number of piperazine rings is 1. The summed E-state index contributed by atoms with van der Waals surface area (Å²) in [5.74, 6) is 0.626. The van der Waals surface area contributed by atoms with Crippen molar-refractivity contribution >= 4 is 17.3 Å². The second-order valence-electron chi connectivity index (χ2n) is 7.50. The Bertz CT molecular complexity index is 950. The molecule has 1 unspecified atom stereocenters.